The molecule has 0 unspecified atom stereocenters. The number of rotatable bonds is 6. The van der Waals surface area contributed by atoms with Gasteiger partial charge in [0.1, 0.15) is 5.60 Å². The molecule has 0 radical (unpaired) electrons. The molecule has 20 heavy (non-hydrogen) atoms. The lowest BCUT2D eigenvalue weighted by Crippen LogP contribution is -2.40. The number of hydrogen-bond acceptors (Lipinski definition) is 5. The number of aliphatic hydroxyl groups is 2. The van der Waals surface area contributed by atoms with Crippen LogP contribution in [0.4, 0.5) is 4.79 Å². The van der Waals surface area contributed by atoms with Gasteiger partial charge in [0.25, 0.3) is 0 Å². The Morgan fingerprint density at radius 2 is 2.00 bits per heavy atom. The fourth-order valence-electron chi connectivity index (χ4n) is 2.16. The number of nitrogens with one attached hydrogen (secondary N) is 1. The highest BCUT2D eigenvalue weighted by Gasteiger charge is 2.35. The molecule has 3 N–H and O–H groups in total. The second-order valence-corrected chi connectivity index (χ2v) is 6.30. The van der Waals surface area contributed by atoms with Gasteiger partial charge in [-0.25, -0.2) is 4.79 Å². The summed E-state index contributed by atoms with van der Waals surface area (Å²) in [7, 11) is 0. The van der Waals surface area contributed by atoms with Crippen molar-refractivity contribution >= 4 is 6.09 Å². The van der Waals surface area contributed by atoms with Crippen molar-refractivity contribution in [2.75, 3.05) is 26.2 Å². The summed E-state index contributed by atoms with van der Waals surface area (Å²) in [4.78, 5) is 13.4. The van der Waals surface area contributed by atoms with E-state index >= 15 is 0 Å². The summed E-state index contributed by atoms with van der Waals surface area (Å²) >= 11 is 0. The molecular weight excluding hydrogens is 260 g/mol. The molecule has 1 heterocycles. The highest BCUT2D eigenvalue weighted by molar-refractivity contribution is 5.68. The maximum absolute atomic E-state index is 11.9. The molecule has 118 valence electrons. The molecule has 0 saturated carbocycles. The zero-order valence-corrected chi connectivity index (χ0v) is 12.8. The molecule has 6 nitrogen and oxygen atoms in total. The first-order chi connectivity index (χ1) is 9.33. The van der Waals surface area contributed by atoms with Gasteiger partial charge in [0.2, 0.25) is 0 Å². The summed E-state index contributed by atoms with van der Waals surface area (Å²) < 4.78 is 5.30. The number of aliphatic hydroxyl groups excluding tert-OH is 2. The van der Waals surface area contributed by atoms with Gasteiger partial charge in [-0.1, -0.05) is 0 Å². The van der Waals surface area contributed by atoms with Gasteiger partial charge >= 0.3 is 6.09 Å². The average molecular weight is 288 g/mol. The van der Waals surface area contributed by atoms with Gasteiger partial charge in [-0.3, -0.25) is 0 Å². The van der Waals surface area contributed by atoms with Crippen molar-refractivity contribution in [2.24, 2.45) is 0 Å². The minimum absolute atomic E-state index is 0.100. The Bertz CT molecular complexity index is 304. The van der Waals surface area contributed by atoms with E-state index in [0.29, 0.717) is 13.1 Å². The van der Waals surface area contributed by atoms with Crippen LogP contribution in [0, 0.1) is 0 Å². The largest absolute Gasteiger partial charge is 0.444 e. The number of unbranched alkanes of at least 4 members (excludes halogenated alkanes) is 2. The maximum Gasteiger partial charge on any atom is 0.410 e. The zero-order valence-electron chi connectivity index (χ0n) is 12.8. The van der Waals surface area contributed by atoms with Crippen molar-refractivity contribution in [2.45, 2.75) is 57.8 Å². The zero-order chi connectivity index (χ0) is 15.2. The van der Waals surface area contributed by atoms with Gasteiger partial charge in [0.05, 0.1) is 18.7 Å². The van der Waals surface area contributed by atoms with Crippen LogP contribution >= 0.6 is 0 Å². The lowest BCUT2D eigenvalue weighted by Gasteiger charge is -2.24. The standard InChI is InChI=1S/C14H28N2O4/c1-14(2,3)20-13(19)16-9-11(12(18)10-16)15-7-5-4-6-8-17/h11-12,15,17-18H,4-10H2,1-3H3/t11-,12-/m1/s1. The fraction of sp³-hybridized carbons (Fsp3) is 0.929. The minimum Gasteiger partial charge on any atom is -0.444 e. The normalized spacial score (nSPS) is 23.1. The molecule has 1 rings (SSSR count). The second-order valence-electron chi connectivity index (χ2n) is 6.30. The third-order valence-corrected chi connectivity index (χ3v) is 3.18. The highest BCUT2D eigenvalue weighted by atomic mass is 16.6. The molecule has 1 aliphatic rings. The van der Waals surface area contributed by atoms with Crippen LogP contribution in [0.1, 0.15) is 40.0 Å². The van der Waals surface area contributed by atoms with E-state index in [1.807, 2.05) is 20.8 Å². The first-order valence-corrected chi connectivity index (χ1v) is 7.33. The van der Waals surface area contributed by atoms with Crippen LogP contribution in [-0.4, -0.2) is 65.2 Å². The summed E-state index contributed by atoms with van der Waals surface area (Å²) in [6.45, 7) is 7.26. The van der Waals surface area contributed by atoms with Gasteiger partial charge in [-0.05, 0) is 46.6 Å². The lowest BCUT2D eigenvalue weighted by molar-refractivity contribution is 0.0270. The van der Waals surface area contributed by atoms with Gasteiger partial charge in [-0.2, -0.15) is 0 Å². The summed E-state index contributed by atoms with van der Waals surface area (Å²) in [6, 6.07) is -0.100. The van der Waals surface area contributed by atoms with Crippen LogP contribution < -0.4 is 5.32 Å². The van der Waals surface area contributed by atoms with Gasteiger partial charge < -0.3 is 25.2 Å². The second kappa shape index (κ2) is 7.81. The molecule has 2 atom stereocenters. The van der Waals surface area contributed by atoms with Gasteiger partial charge in [0.15, 0.2) is 0 Å². The molecular formula is C14H28N2O4. The number of carbonyl (C=O) groups is 1. The Balaban J connectivity index is 2.30. The van der Waals surface area contributed by atoms with Crippen LogP contribution in [-0.2, 0) is 4.74 Å². The number of amides is 1. The number of hydrogen-bond donors (Lipinski definition) is 3. The number of likely N-dealkylation sites (tertiary alicyclic amines) is 1. The predicted octanol–water partition coefficient (Wildman–Crippen LogP) is 0.719. The van der Waals surface area contributed by atoms with Crippen LogP contribution in [0.2, 0.25) is 0 Å². The molecule has 6 heteroatoms. The SMILES string of the molecule is CC(C)(C)OC(=O)N1C[C@@H](O)[C@H](NCCCCCO)C1. The van der Waals surface area contributed by atoms with E-state index in [4.69, 9.17) is 9.84 Å². The molecule has 1 saturated heterocycles. The molecule has 1 amide bonds. The molecule has 0 aromatic heterocycles. The molecule has 0 aromatic carbocycles. The Labute approximate surface area is 121 Å². The van der Waals surface area contributed by atoms with Gasteiger partial charge in [0, 0.05) is 13.2 Å². The lowest BCUT2D eigenvalue weighted by atomic mass is 10.2. The molecule has 0 spiro atoms. The highest BCUT2D eigenvalue weighted by Crippen LogP contribution is 2.15. The number of carbonyl (C=O) groups excluding carboxylic acids is 1. The summed E-state index contributed by atoms with van der Waals surface area (Å²) in [5, 5.41) is 21.9. The number of nitrogens with zero attached hydrogens (tertiary/aromatic N) is 1. The summed E-state index contributed by atoms with van der Waals surface area (Å²) in [5.74, 6) is 0. The third-order valence-electron chi connectivity index (χ3n) is 3.18. The monoisotopic (exact) mass is 288 g/mol. The molecule has 0 bridgehead atoms. The fourth-order valence-corrected chi connectivity index (χ4v) is 2.16. The van der Waals surface area contributed by atoms with Crippen molar-refractivity contribution in [1.29, 1.82) is 0 Å². The molecule has 0 aromatic rings. The van der Waals surface area contributed by atoms with Crippen LogP contribution in [0.25, 0.3) is 0 Å². The van der Waals surface area contributed by atoms with E-state index in [2.05, 4.69) is 5.32 Å². The smallest absolute Gasteiger partial charge is 0.410 e. The van der Waals surface area contributed by atoms with E-state index in [1.54, 1.807) is 4.90 Å². The van der Waals surface area contributed by atoms with E-state index in [-0.39, 0.29) is 18.7 Å². The van der Waals surface area contributed by atoms with Crippen LogP contribution in [0.5, 0.6) is 0 Å². The van der Waals surface area contributed by atoms with E-state index in [9.17, 15) is 9.90 Å². The predicted molar refractivity (Wildman–Crippen MR) is 76.5 cm³/mol. The Morgan fingerprint density at radius 1 is 1.30 bits per heavy atom. The van der Waals surface area contributed by atoms with Crippen molar-refractivity contribution in [3.8, 4) is 0 Å². The summed E-state index contributed by atoms with van der Waals surface area (Å²) in [6.07, 6.45) is 1.79. The van der Waals surface area contributed by atoms with Crippen molar-refractivity contribution in [3.63, 3.8) is 0 Å². The Kier molecular flexibility index (Phi) is 6.71. The molecule has 0 aliphatic carbocycles. The Morgan fingerprint density at radius 3 is 2.60 bits per heavy atom. The first kappa shape index (κ1) is 17.2. The number of β-amino-alcohol motifs (C(OH)–C–C–N with tert-alkyl or cyclic N) is 1. The topological polar surface area (TPSA) is 82.0 Å². The molecule has 1 aliphatic heterocycles. The van der Waals surface area contributed by atoms with Crippen LogP contribution in [0.3, 0.4) is 0 Å². The summed E-state index contributed by atoms with van der Waals surface area (Å²) in [5.41, 5.74) is -0.516. The van der Waals surface area contributed by atoms with E-state index in [0.717, 1.165) is 25.8 Å². The average Bonchev–Trinajstić information content (AvgIpc) is 2.69. The number of ether oxygens (including phenoxy) is 1. The quantitative estimate of drug-likeness (QED) is 0.627. The van der Waals surface area contributed by atoms with Crippen molar-refractivity contribution in [1.82, 2.24) is 10.2 Å². The van der Waals surface area contributed by atoms with Gasteiger partial charge in [-0.15, -0.1) is 0 Å². The van der Waals surface area contributed by atoms with E-state index < -0.39 is 11.7 Å². The molecule has 1 fully saturated rings. The van der Waals surface area contributed by atoms with E-state index in [1.165, 1.54) is 0 Å². The maximum atomic E-state index is 11.9. The van der Waals surface area contributed by atoms with Crippen LogP contribution in [0.15, 0.2) is 0 Å². The third kappa shape index (κ3) is 6.07. The Hall–Kier alpha value is -0.850. The van der Waals surface area contributed by atoms with Crippen molar-refractivity contribution < 1.29 is 19.7 Å². The first-order valence-electron chi connectivity index (χ1n) is 7.33. The minimum atomic E-state index is -0.555. The van der Waals surface area contributed by atoms with Crippen molar-refractivity contribution in [3.05, 3.63) is 0 Å².